The first kappa shape index (κ1) is 15.0. The van der Waals surface area contributed by atoms with Gasteiger partial charge in [-0.1, -0.05) is 30.6 Å². The highest BCUT2D eigenvalue weighted by molar-refractivity contribution is 6.30. The molecule has 20 heavy (non-hydrogen) atoms. The lowest BCUT2D eigenvalue weighted by Crippen LogP contribution is -2.32. The van der Waals surface area contributed by atoms with E-state index in [0.29, 0.717) is 23.3 Å². The van der Waals surface area contributed by atoms with Gasteiger partial charge in [0.2, 0.25) is 0 Å². The monoisotopic (exact) mass is 294 g/mol. The minimum Gasteiger partial charge on any atom is -0.334 e. The van der Waals surface area contributed by atoms with Gasteiger partial charge in [0.15, 0.2) is 5.82 Å². The van der Waals surface area contributed by atoms with Crippen molar-refractivity contribution >= 4 is 11.6 Å². The summed E-state index contributed by atoms with van der Waals surface area (Å²) in [5.41, 5.74) is 6.95. The average Bonchev–Trinajstić information content (AvgIpc) is 2.95. The molecular formula is C14H19ClN4O. The molecule has 5 nitrogen and oxygen atoms in total. The summed E-state index contributed by atoms with van der Waals surface area (Å²) in [5.74, 6) is 0.994. The second-order valence-corrected chi connectivity index (χ2v) is 4.99. The van der Waals surface area contributed by atoms with Crippen LogP contribution in [-0.2, 0) is 0 Å². The molecule has 0 bridgehead atoms. The predicted molar refractivity (Wildman–Crippen MR) is 79.5 cm³/mol. The number of nitrogens with zero attached hydrogens (tertiary/aromatic N) is 3. The number of halogens is 1. The van der Waals surface area contributed by atoms with Gasteiger partial charge in [-0.2, -0.15) is 4.98 Å². The van der Waals surface area contributed by atoms with E-state index in [1.165, 1.54) is 0 Å². The molecule has 6 heteroatoms. The van der Waals surface area contributed by atoms with E-state index < -0.39 is 0 Å². The van der Waals surface area contributed by atoms with Crippen LogP contribution in [0.5, 0.6) is 0 Å². The fourth-order valence-corrected chi connectivity index (χ4v) is 2.06. The molecule has 1 heterocycles. The summed E-state index contributed by atoms with van der Waals surface area (Å²) in [7, 11) is 0. The molecule has 1 aromatic heterocycles. The lowest BCUT2D eigenvalue weighted by molar-refractivity contribution is 0.278. The third-order valence-corrected chi connectivity index (χ3v) is 3.47. The number of likely N-dealkylation sites (N-methyl/N-ethyl adjacent to an activating group) is 1. The molecule has 1 unspecified atom stereocenters. The molecular weight excluding hydrogens is 276 g/mol. The topological polar surface area (TPSA) is 68.2 Å². The Bertz CT molecular complexity index is 536. The Balaban J connectivity index is 2.10. The van der Waals surface area contributed by atoms with Gasteiger partial charge >= 0.3 is 0 Å². The fraction of sp³-hybridized carbons (Fsp3) is 0.429. The van der Waals surface area contributed by atoms with Gasteiger partial charge in [0.1, 0.15) is 0 Å². The molecule has 2 N–H and O–H groups in total. The Hall–Kier alpha value is -1.43. The molecule has 0 spiro atoms. The summed E-state index contributed by atoms with van der Waals surface area (Å²) in [5, 5.41) is 4.64. The van der Waals surface area contributed by atoms with Gasteiger partial charge < -0.3 is 15.2 Å². The minimum absolute atomic E-state index is 0.250. The first-order valence-corrected chi connectivity index (χ1v) is 7.09. The Labute approximate surface area is 123 Å². The van der Waals surface area contributed by atoms with Crippen LogP contribution in [0.3, 0.4) is 0 Å². The molecule has 0 aliphatic carbocycles. The number of hydrogen-bond acceptors (Lipinski definition) is 5. The fourth-order valence-electron chi connectivity index (χ4n) is 1.94. The Morgan fingerprint density at radius 3 is 2.50 bits per heavy atom. The highest BCUT2D eigenvalue weighted by atomic mass is 35.5. The smallest absolute Gasteiger partial charge is 0.257 e. The van der Waals surface area contributed by atoms with Crippen LogP contribution in [0.25, 0.3) is 11.5 Å². The van der Waals surface area contributed by atoms with Gasteiger partial charge in [-0.25, -0.2) is 0 Å². The zero-order valence-electron chi connectivity index (χ0n) is 11.7. The second kappa shape index (κ2) is 6.83. The molecule has 1 atom stereocenters. The molecule has 108 valence electrons. The van der Waals surface area contributed by atoms with Crippen LogP contribution in [-0.4, -0.2) is 34.7 Å². The third kappa shape index (κ3) is 3.56. The molecule has 1 aromatic carbocycles. The van der Waals surface area contributed by atoms with Crippen molar-refractivity contribution in [3.05, 3.63) is 35.1 Å². The van der Waals surface area contributed by atoms with Crippen LogP contribution in [0.2, 0.25) is 5.02 Å². The van der Waals surface area contributed by atoms with Gasteiger partial charge in [-0.15, -0.1) is 0 Å². The maximum absolute atomic E-state index is 6.11. The van der Waals surface area contributed by atoms with Gasteiger partial charge in [0.05, 0.1) is 6.04 Å². The molecule has 0 radical (unpaired) electrons. The van der Waals surface area contributed by atoms with Crippen molar-refractivity contribution in [1.82, 2.24) is 15.0 Å². The summed E-state index contributed by atoms with van der Waals surface area (Å²) < 4.78 is 5.26. The van der Waals surface area contributed by atoms with E-state index in [4.69, 9.17) is 21.9 Å². The molecule has 0 fully saturated rings. The minimum atomic E-state index is -0.250. The summed E-state index contributed by atoms with van der Waals surface area (Å²) in [6, 6.07) is 7.01. The third-order valence-electron chi connectivity index (χ3n) is 3.21. The second-order valence-electron chi connectivity index (χ2n) is 4.56. The van der Waals surface area contributed by atoms with E-state index in [2.05, 4.69) is 28.9 Å². The molecule has 2 rings (SSSR count). The van der Waals surface area contributed by atoms with Gasteiger partial charge in [0.25, 0.3) is 5.89 Å². The van der Waals surface area contributed by atoms with E-state index in [1.807, 2.05) is 12.1 Å². The molecule has 0 aliphatic heterocycles. The lowest BCUT2D eigenvalue weighted by Gasteiger charge is -2.20. The maximum atomic E-state index is 6.11. The van der Waals surface area contributed by atoms with Crippen molar-refractivity contribution in [2.24, 2.45) is 5.73 Å². The van der Waals surface area contributed by atoms with Crippen LogP contribution in [0.4, 0.5) is 0 Å². The number of benzene rings is 1. The van der Waals surface area contributed by atoms with Crippen molar-refractivity contribution in [3.8, 4) is 11.5 Å². The Morgan fingerprint density at radius 1 is 1.25 bits per heavy atom. The van der Waals surface area contributed by atoms with E-state index in [-0.39, 0.29) is 6.04 Å². The van der Waals surface area contributed by atoms with Crippen molar-refractivity contribution in [2.45, 2.75) is 19.9 Å². The standard InChI is InChI=1S/C14H19ClN4O/c1-3-19(4-2)9-12(16)13-17-14(20-18-13)10-5-7-11(15)8-6-10/h5-8,12H,3-4,9,16H2,1-2H3. The largest absolute Gasteiger partial charge is 0.334 e. The van der Waals surface area contributed by atoms with Crippen molar-refractivity contribution in [3.63, 3.8) is 0 Å². The zero-order valence-corrected chi connectivity index (χ0v) is 12.5. The Kier molecular flexibility index (Phi) is 5.11. The highest BCUT2D eigenvalue weighted by Gasteiger charge is 2.17. The van der Waals surface area contributed by atoms with E-state index in [0.717, 1.165) is 18.7 Å². The van der Waals surface area contributed by atoms with Crippen molar-refractivity contribution in [2.75, 3.05) is 19.6 Å². The maximum Gasteiger partial charge on any atom is 0.257 e. The van der Waals surface area contributed by atoms with Gasteiger partial charge in [-0.05, 0) is 37.4 Å². The summed E-state index contributed by atoms with van der Waals surface area (Å²) in [6.45, 7) is 6.82. The van der Waals surface area contributed by atoms with Crippen LogP contribution in [0.15, 0.2) is 28.8 Å². The summed E-state index contributed by atoms with van der Waals surface area (Å²) >= 11 is 5.85. The van der Waals surface area contributed by atoms with Crippen LogP contribution in [0.1, 0.15) is 25.7 Å². The highest BCUT2D eigenvalue weighted by Crippen LogP contribution is 2.21. The van der Waals surface area contributed by atoms with Crippen molar-refractivity contribution < 1.29 is 4.52 Å². The molecule has 2 aromatic rings. The average molecular weight is 295 g/mol. The zero-order chi connectivity index (χ0) is 14.5. The molecule has 0 aliphatic rings. The molecule has 0 saturated carbocycles. The SMILES string of the molecule is CCN(CC)CC(N)c1noc(-c2ccc(Cl)cc2)n1. The summed E-state index contributed by atoms with van der Waals surface area (Å²) in [6.07, 6.45) is 0. The van der Waals surface area contributed by atoms with Gasteiger partial charge in [0, 0.05) is 17.1 Å². The number of aromatic nitrogens is 2. The first-order valence-electron chi connectivity index (χ1n) is 6.71. The number of hydrogen-bond donors (Lipinski definition) is 1. The quantitative estimate of drug-likeness (QED) is 0.887. The van der Waals surface area contributed by atoms with Gasteiger partial charge in [-0.3, -0.25) is 0 Å². The van der Waals surface area contributed by atoms with Crippen LogP contribution >= 0.6 is 11.6 Å². The predicted octanol–water partition coefficient (Wildman–Crippen LogP) is 2.73. The summed E-state index contributed by atoms with van der Waals surface area (Å²) in [4.78, 5) is 6.58. The number of rotatable bonds is 6. The number of nitrogens with two attached hydrogens (primary N) is 1. The molecule has 0 saturated heterocycles. The van der Waals surface area contributed by atoms with Crippen molar-refractivity contribution in [1.29, 1.82) is 0 Å². The lowest BCUT2D eigenvalue weighted by atomic mass is 10.2. The van der Waals surface area contributed by atoms with Crippen LogP contribution < -0.4 is 5.73 Å². The normalized spacial score (nSPS) is 12.8. The molecule has 0 amide bonds. The van der Waals surface area contributed by atoms with E-state index in [9.17, 15) is 0 Å². The van der Waals surface area contributed by atoms with E-state index in [1.54, 1.807) is 12.1 Å². The Morgan fingerprint density at radius 2 is 1.90 bits per heavy atom. The van der Waals surface area contributed by atoms with E-state index >= 15 is 0 Å². The van der Waals surface area contributed by atoms with Crippen LogP contribution in [0, 0.1) is 0 Å². The first-order chi connectivity index (χ1) is 9.63.